The van der Waals surface area contributed by atoms with Gasteiger partial charge in [0.1, 0.15) is 5.75 Å². The van der Waals surface area contributed by atoms with Crippen LogP contribution >= 0.6 is 11.3 Å². The summed E-state index contributed by atoms with van der Waals surface area (Å²) in [6.07, 6.45) is 0.646. The normalized spacial score (nSPS) is 11.6. The topological polar surface area (TPSA) is 68.3 Å². The highest BCUT2D eigenvalue weighted by atomic mass is 32.2. The van der Waals surface area contributed by atoms with Gasteiger partial charge in [-0.2, -0.15) is 0 Å². The van der Waals surface area contributed by atoms with Crippen molar-refractivity contribution in [3.63, 3.8) is 0 Å². The molecule has 0 unspecified atom stereocenters. The largest absolute Gasteiger partial charge is 0.497 e. The molecule has 0 spiro atoms. The van der Waals surface area contributed by atoms with Gasteiger partial charge >= 0.3 is 0 Å². The summed E-state index contributed by atoms with van der Waals surface area (Å²) < 4.78 is 31.9. The molecule has 0 aliphatic heterocycles. The van der Waals surface area contributed by atoms with Crippen molar-refractivity contribution in [1.29, 1.82) is 0 Å². The Balaban J connectivity index is 1.99. The summed E-state index contributed by atoms with van der Waals surface area (Å²) in [5, 5.41) is 1.00. The van der Waals surface area contributed by atoms with Crippen LogP contribution in [-0.4, -0.2) is 27.1 Å². The molecule has 1 aromatic carbocycles. The molecule has 1 N–H and O–H groups in total. The third-order valence-electron chi connectivity index (χ3n) is 3.01. The maximum Gasteiger partial charge on any atom is 0.240 e. The molecule has 0 radical (unpaired) electrons. The number of sulfonamides is 1. The van der Waals surface area contributed by atoms with Gasteiger partial charge in [0.05, 0.1) is 22.7 Å². The summed E-state index contributed by atoms with van der Waals surface area (Å²) in [5.41, 5.74) is 0.973. The third-order valence-corrected chi connectivity index (χ3v) is 5.62. The Morgan fingerprint density at radius 2 is 1.90 bits per heavy atom. The molecule has 7 heteroatoms. The molecule has 0 atom stereocenters. The highest BCUT2D eigenvalue weighted by molar-refractivity contribution is 7.89. The van der Waals surface area contributed by atoms with Crippen LogP contribution in [0.15, 0.2) is 29.2 Å². The Bertz CT molecular complexity index is 706. The number of ether oxygens (including phenoxy) is 1. The van der Waals surface area contributed by atoms with E-state index in [1.165, 1.54) is 12.1 Å². The number of hydrogen-bond acceptors (Lipinski definition) is 5. The van der Waals surface area contributed by atoms with Gasteiger partial charge in [0.25, 0.3) is 0 Å². The summed E-state index contributed by atoms with van der Waals surface area (Å²) in [5.74, 6) is 0.629. The molecule has 0 amide bonds. The zero-order chi connectivity index (χ0) is 15.5. The van der Waals surface area contributed by atoms with Gasteiger partial charge in [-0.1, -0.05) is 0 Å². The van der Waals surface area contributed by atoms with E-state index in [2.05, 4.69) is 9.71 Å². The molecule has 1 aromatic heterocycles. The van der Waals surface area contributed by atoms with Gasteiger partial charge in [-0.15, -0.1) is 11.3 Å². The lowest BCUT2D eigenvalue weighted by Crippen LogP contribution is -2.25. The molecule has 2 aromatic rings. The number of aryl methyl sites for hydroxylation is 2. The van der Waals surface area contributed by atoms with Crippen LogP contribution < -0.4 is 9.46 Å². The predicted octanol–water partition coefficient (Wildman–Crippen LogP) is 2.29. The molecule has 0 aliphatic rings. The van der Waals surface area contributed by atoms with Gasteiger partial charge in [-0.3, -0.25) is 0 Å². The van der Waals surface area contributed by atoms with Crippen LogP contribution in [0.1, 0.15) is 15.6 Å². The summed E-state index contributed by atoms with van der Waals surface area (Å²) in [7, 11) is -1.94. The quantitative estimate of drug-likeness (QED) is 0.884. The number of nitrogens with zero attached hydrogens (tertiary/aromatic N) is 1. The second-order valence-electron chi connectivity index (χ2n) is 4.56. The first kappa shape index (κ1) is 15.9. The van der Waals surface area contributed by atoms with E-state index in [4.69, 9.17) is 4.74 Å². The molecule has 1 heterocycles. The van der Waals surface area contributed by atoms with Gasteiger partial charge in [0.15, 0.2) is 0 Å². The summed E-state index contributed by atoms with van der Waals surface area (Å²) in [4.78, 5) is 5.68. The number of thiazole rings is 1. The van der Waals surface area contributed by atoms with Crippen molar-refractivity contribution < 1.29 is 13.2 Å². The van der Waals surface area contributed by atoms with Crippen LogP contribution in [-0.2, 0) is 16.4 Å². The van der Waals surface area contributed by atoms with Gasteiger partial charge in [0, 0.05) is 11.4 Å². The number of rotatable bonds is 6. The first-order chi connectivity index (χ1) is 9.92. The fourth-order valence-electron chi connectivity index (χ4n) is 1.94. The molecule has 5 nitrogen and oxygen atoms in total. The lowest BCUT2D eigenvalue weighted by Gasteiger charge is -2.07. The molecule has 0 saturated heterocycles. The molecular formula is C14H18N2O3S2. The van der Waals surface area contributed by atoms with Crippen molar-refractivity contribution in [1.82, 2.24) is 9.71 Å². The molecule has 0 bridgehead atoms. The standard InChI is InChI=1S/C14H18N2O3S2/c1-10-14(20-11(2)16-10)8-9-15-21(17,18)13-6-4-12(19-3)5-7-13/h4-7,15H,8-9H2,1-3H3. The number of hydrogen-bond donors (Lipinski definition) is 1. The average Bonchev–Trinajstić information content (AvgIpc) is 2.77. The molecule has 0 fully saturated rings. The van der Waals surface area contributed by atoms with E-state index >= 15 is 0 Å². The first-order valence-electron chi connectivity index (χ1n) is 6.49. The first-order valence-corrected chi connectivity index (χ1v) is 8.79. The van der Waals surface area contributed by atoms with Crippen molar-refractivity contribution in [2.45, 2.75) is 25.2 Å². The van der Waals surface area contributed by atoms with Crippen LogP contribution in [0.5, 0.6) is 5.75 Å². The molecule has 2 rings (SSSR count). The molecule has 0 saturated carbocycles. The molecule has 21 heavy (non-hydrogen) atoms. The smallest absolute Gasteiger partial charge is 0.240 e. The highest BCUT2D eigenvalue weighted by Gasteiger charge is 2.14. The van der Waals surface area contributed by atoms with Gasteiger partial charge < -0.3 is 4.74 Å². The number of aromatic nitrogens is 1. The zero-order valence-electron chi connectivity index (χ0n) is 12.2. The van der Waals surface area contributed by atoms with Gasteiger partial charge in [0.2, 0.25) is 10.0 Å². The van der Waals surface area contributed by atoms with Crippen LogP contribution in [0, 0.1) is 13.8 Å². The second kappa shape index (κ2) is 6.55. The minimum absolute atomic E-state index is 0.237. The molecular weight excluding hydrogens is 308 g/mol. The van der Waals surface area contributed by atoms with E-state index in [9.17, 15) is 8.42 Å². The Kier molecular flexibility index (Phi) is 4.97. The fraction of sp³-hybridized carbons (Fsp3) is 0.357. The van der Waals surface area contributed by atoms with Crippen molar-refractivity contribution in [3.8, 4) is 5.75 Å². The Morgan fingerprint density at radius 3 is 2.43 bits per heavy atom. The maximum atomic E-state index is 12.1. The monoisotopic (exact) mass is 326 g/mol. The number of nitrogens with one attached hydrogen (secondary N) is 1. The van der Waals surface area contributed by atoms with E-state index in [1.54, 1.807) is 30.6 Å². The van der Waals surface area contributed by atoms with Gasteiger partial charge in [-0.25, -0.2) is 18.1 Å². The van der Waals surface area contributed by atoms with Crippen LogP contribution in [0.3, 0.4) is 0 Å². The van der Waals surface area contributed by atoms with Crippen molar-refractivity contribution in [2.75, 3.05) is 13.7 Å². The predicted molar refractivity (Wildman–Crippen MR) is 83.5 cm³/mol. The molecule has 114 valence electrons. The van der Waals surface area contributed by atoms with Crippen LogP contribution in [0.2, 0.25) is 0 Å². The van der Waals surface area contributed by atoms with E-state index in [0.29, 0.717) is 18.7 Å². The third kappa shape index (κ3) is 4.03. The lowest BCUT2D eigenvalue weighted by molar-refractivity contribution is 0.414. The Hall–Kier alpha value is -1.44. The van der Waals surface area contributed by atoms with E-state index in [1.807, 2.05) is 13.8 Å². The van der Waals surface area contributed by atoms with Crippen molar-refractivity contribution in [2.24, 2.45) is 0 Å². The highest BCUT2D eigenvalue weighted by Crippen LogP contribution is 2.18. The summed E-state index contributed by atoms with van der Waals surface area (Å²) >= 11 is 1.60. The number of benzene rings is 1. The average molecular weight is 326 g/mol. The Labute approximate surface area is 129 Å². The van der Waals surface area contributed by atoms with Crippen molar-refractivity contribution >= 4 is 21.4 Å². The molecule has 0 aliphatic carbocycles. The maximum absolute atomic E-state index is 12.1. The van der Waals surface area contributed by atoms with Crippen LogP contribution in [0.4, 0.5) is 0 Å². The van der Waals surface area contributed by atoms with Crippen LogP contribution in [0.25, 0.3) is 0 Å². The lowest BCUT2D eigenvalue weighted by atomic mass is 10.3. The fourth-order valence-corrected chi connectivity index (χ4v) is 3.91. The second-order valence-corrected chi connectivity index (χ2v) is 7.62. The van der Waals surface area contributed by atoms with E-state index in [0.717, 1.165) is 15.6 Å². The van der Waals surface area contributed by atoms with E-state index in [-0.39, 0.29) is 4.90 Å². The zero-order valence-corrected chi connectivity index (χ0v) is 13.8. The number of methoxy groups -OCH3 is 1. The summed E-state index contributed by atoms with van der Waals surface area (Å²) in [6, 6.07) is 6.32. The minimum Gasteiger partial charge on any atom is -0.497 e. The van der Waals surface area contributed by atoms with E-state index < -0.39 is 10.0 Å². The Morgan fingerprint density at radius 1 is 1.24 bits per heavy atom. The summed E-state index contributed by atoms with van der Waals surface area (Å²) in [6.45, 7) is 4.25. The minimum atomic E-state index is -3.48. The van der Waals surface area contributed by atoms with Crippen molar-refractivity contribution in [3.05, 3.63) is 39.8 Å². The van der Waals surface area contributed by atoms with Gasteiger partial charge in [-0.05, 0) is 44.5 Å². The SMILES string of the molecule is COc1ccc(S(=O)(=O)NCCc2sc(C)nc2C)cc1.